The van der Waals surface area contributed by atoms with Crippen LogP contribution in [0.2, 0.25) is 0 Å². The zero-order valence-corrected chi connectivity index (χ0v) is 14.4. The quantitative estimate of drug-likeness (QED) is 0.816. The Kier molecular flexibility index (Phi) is 5.53. The van der Waals surface area contributed by atoms with E-state index >= 15 is 0 Å². The lowest BCUT2D eigenvalue weighted by Gasteiger charge is -2.15. The van der Waals surface area contributed by atoms with Gasteiger partial charge in [0, 0.05) is 13.1 Å². The number of hydrogen-bond acceptors (Lipinski definition) is 5. The van der Waals surface area contributed by atoms with Gasteiger partial charge in [0.25, 0.3) is 0 Å². The Balaban J connectivity index is 1.45. The molecule has 2 atom stereocenters. The Labute approximate surface area is 143 Å². The maximum Gasteiger partial charge on any atom is 0.140 e. The number of aliphatic hydroxyl groups is 1. The van der Waals surface area contributed by atoms with Crippen LogP contribution < -0.4 is 10.1 Å². The smallest absolute Gasteiger partial charge is 0.140 e. The molecule has 1 heterocycles. The van der Waals surface area contributed by atoms with Gasteiger partial charge < -0.3 is 19.7 Å². The van der Waals surface area contributed by atoms with Crippen LogP contribution >= 0.6 is 0 Å². The van der Waals surface area contributed by atoms with Gasteiger partial charge in [-0.25, -0.2) is 0 Å². The molecule has 24 heavy (non-hydrogen) atoms. The second-order valence-electron chi connectivity index (χ2n) is 6.62. The molecule has 130 valence electrons. The molecule has 1 aromatic heterocycles. The minimum absolute atomic E-state index is 0.127. The van der Waals surface area contributed by atoms with Gasteiger partial charge in [0.05, 0.1) is 17.4 Å². The lowest BCUT2D eigenvalue weighted by atomic mass is 10.1. The molecule has 1 fully saturated rings. The number of nitrogens with zero attached hydrogens (tertiary/aromatic N) is 1. The second-order valence-corrected chi connectivity index (χ2v) is 6.62. The van der Waals surface area contributed by atoms with Gasteiger partial charge in [-0.3, -0.25) is 0 Å². The maximum absolute atomic E-state index is 9.83. The Morgan fingerprint density at radius 1 is 1.25 bits per heavy atom. The highest BCUT2D eigenvalue weighted by Gasteiger charge is 2.24. The second kappa shape index (κ2) is 7.81. The SMILES string of the molecule is Cc1noc(C)c1COc1ccc(CNCC2CCCC2O)cc1. The molecule has 0 bridgehead atoms. The number of aryl methyl sites for hydroxylation is 2. The number of ether oxygens (including phenoxy) is 1. The van der Waals surface area contributed by atoms with Gasteiger partial charge in [-0.05, 0) is 50.3 Å². The van der Waals surface area contributed by atoms with E-state index in [4.69, 9.17) is 9.26 Å². The normalized spacial score (nSPS) is 20.5. The number of hydrogen-bond donors (Lipinski definition) is 2. The van der Waals surface area contributed by atoms with Crippen LogP contribution in [0.3, 0.4) is 0 Å². The lowest BCUT2D eigenvalue weighted by Crippen LogP contribution is -2.27. The summed E-state index contributed by atoms with van der Waals surface area (Å²) in [6.07, 6.45) is 3.09. The topological polar surface area (TPSA) is 67.5 Å². The first-order valence-electron chi connectivity index (χ1n) is 8.65. The van der Waals surface area contributed by atoms with Crippen LogP contribution in [0, 0.1) is 19.8 Å². The van der Waals surface area contributed by atoms with E-state index in [1.165, 1.54) is 5.56 Å². The lowest BCUT2D eigenvalue weighted by molar-refractivity contribution is 0.131. The first-order valence-corrected chi connectivity index (χ1v) is 8.65. The number of nitrogens with one attached hydrogen (secondary N) is 1. The van der Waals surface area contributed by atoms with E-state index in [1.807, 2.05) is 26.0 Å². The van der Waals surface area contributed by atoms with Gasteiger partial charge >= 0.3 is 0 Å². The zero-order valence-electron chi connectivity index (χ0n) is 14.4. The Morgan fingerprint density at radius 3 is 2.67 bits per heavy atom. The standard InChI is InChI=1S/C19H26N2O3/c1-13-18(14(2)24-21-13)12-23-17-8-6-15(7-9-17)10-20-11-16-4-3-5-19(16)22/h6-9,16,19-20,22H,3-5,10-12H2,1-2H3. The van der Waals surface area contributed by atoms with Crippen molar-refractivity contribution >= 4 is 0 Å². The molecule has 2 N–H and O–H groups in total. The largest absolute Gasteiger partial charge is 0.489 e. The molecule has 1 aliphatic rings. The molecule has 0 aliphatic heterocycles. The fourth-order valence-corrected chi connectivity index (χ4v) is 3.22. The van der Waals surface area contributed by atoms with Gasteiger partial charge in [-0.1, -0.05) is 23.7 Å². The summed E-state index contributed by atoms with van der Waals surface area (Å²) in [4.78, 5) is 0. The highest BCUT2D eigenvalue weighted by atomic mass is 16.5. The van der Waals surface area contributed by atoms with E-state index in [0.717, 1.165) is 55.1 Å². The van der Waals surface area contributed by atoms with Crippen molar-refractivity contribution < 1.29 is 14.4 Å². The molecule has 0 radical (unpaired) electrons. The average Bonchev–Trinajstić information content (AvgIpc) is 3.13. The van der Waals surface area contributed by atoms with Gasteiger partial charge in [0.2, 0.25) is 0 Å². The van der Waals surface area contributed by atoms with Crippen molar-refractivity contribution in [3.8, 4) is 5.75 Å². The van der Waals surface area contributed by atoms with Crippen LogP contribution in [0.4, 0.5) is 0 Å². The number of aliphatic hydroxyl groups excluding tert-OH is 1. The third kappa shape index (κ3) is 4.16. The molecule has 5 heteroatoms. The maximum atomic E-state index is 9.83. The molecule has 2 unspecified atom stereocenters. The van der Waals surface area contributed by atoms with E-state index < -0.39 is 0 Å². The monoisotopic (exact) mass is 330 g/mol. The summed E-state index contributed by atoms with van der Waals surface area (Å²) in [5.41, 5.74) is 3.10. The minimum atomic E-state index is -0.127. The zero-order chi connectivity index (χ0) is 16.9. The summed E-state index contributed by atoms with van der Waals surface area (Å²) < 4.78 is 11.0. The number of benzene rings is 1. The van der Waals surface area contributed by atoms with Crippen molar-refractivity contribution in [2.24, 2.45) is 5.92 Å². The molecule has 5 nitrogen and oxygen atoms in total. The summed E-state index contributed by atoms with van der Waals surface area (Å²) in [6, 6.07) is 8.11. The van der Waals surface area contributed by atoms with Crippen molar-refractivity contribution in [1.29, 1.82) is 0 Å². The number of aromatic nitrogens is 1. The van der Waals surface area contributed by atoms with Crippen molar-refractivity contribution in [3.05, 3.63) is 46.8 Å². The Bertz CT molecular complexity index is 632. The average molecular weight is 330 g/mol. The Hall–Kier alpha value is -1.85. The van der Waals surface area contributed by atoms with Crippen LogP contribution in [-0.2, 0) is 13.2 Å². The van der Waals surface area contributed by atoms with Crippen LogP contribution in [-0.4, -0.2) is 22.9 Å². The van der Waals surface area contributed by atoms with E-state index in [-0.39, 0.29) is 6.10 Å². The van der Waals surface area contributed by atoms with Crippen molar-refractivity contribution in [1.82, 2.24) is 10.5 Å². The molecule has 0 amide bonds. The molecule has 1 aromatic carbocycles. The highest BCUT2D eigenvalue weighted by Crippen LogP contribution is 2.24. The molecule has 1 aliphatic carbocycles. The number of rotatable bonds is 7. The summed E-state index contributed by atoms with van der Waals surface area (Å²) in [5.74, 6) is 2.05. The van der Waals surface area contributed by atoms with Crippen LogP contribution in [0.25, 0.3) is 0 Å². The third-order valence-electron chi connectivity index (χ3n) is 4.84. The fourth-order valence-electron chi connectivity index (χ4n) is 3.22. The summed E-state index contributed by atoms with van der Waals surface area (Å²) in [6.45, 7) is 5.98. The van der Waals surface area contributed by atoms with Gasteiger partial charge in [-0.2, -0.15) is 0 Å². The first-order chi connectivity index (χ1) is 11.6. The molecule has 1 saturated carbocycles. The predicted octanol–water partition coefficient (Wildman–Crippen LogP) is 3.12. The van der Waals surface area contributed by atoms with E-state index in [0.29, 0.717) is 12.5 Å². The van der Waals surface area contributed by atoms with Crippen LogP contribution in [0.1, 0.15) is 41.8 Å². The molecular weight excluding hydrogens is 304 g/mol. The predicted molar refractivity (Wildman–Crippen MR) is 91.8 cm³/mol. The van der Waals surface area contributed by atoms with Crippen molar-refractivity contribution in [2.75, 3.05) is 6.54 Å². The van der Waals surface area contributed by atoms with Gasteiger partial charge in [0.1, 0.15) is 18.1 Å². The molecule has 0 spiro atoms. The first kappa shape index (κ1) is 17.0. The minimum Gasteiger partial charge on any atom is -0.489 e. The summed E-state index contributed by atoms with van der Waals surface area (Å²) in [7, 11) is 0. The van der Waals surface area contributed by atoms with Crippen molar-refractivity contribution in [3.63, 3.8) is 0 Å². The highest BCUT2D eigenvalue weighted by molar-refractivity contribution is 5.28. The molecular formula is C19H26N2O3. The Morgan fingerprint density at radius 2 is 2.04 bits per heavy atom. The summed E-state index contributed by atoms with van der Waals surface area (Å²) in [5, 5.41) is 17.2. The molecule has 2 aromatic rings. The van der Waals surface area contributed by atoms with Gasteiger partial charge in [-0.15, -0.1) is 0 Å². The van der Waals surface area contributed by atoms with Crippen LogP contribution in [0.5, 0.6) is 5.75 Å². The van der Waals surface area contributed by atoms with E-state index in [2.05, 4.69) is 22.6 Å². The van der Waals surface area contributed by atoms with Crippen molar-refractivity contribution in [2.45, 2.75) is 52.4 Å². The van der Waals surface area contributed by atoms with E-state index in [9.17, 15) is 5.11 Å². The third-order valence-corrected chi connectivity index (χ3v) is 4.84. The van der Waals surface area contributed by atoms with Gasteiger partial charge in [0.15, 0.2) is 0 Å². The van der Waals surface area contributed by atoms with E-state index in [1.54, 1.807) is 0 Å². The molecule has 0 saturated heterocycles. The molecule has 3 rings (SSSR count). The fraction of sp³-hybridized carbons (Fsp3) is 0.526. The summed E-state index contributed by atoms with van der Waals surface area (Å²) >= 11 is 0. The van der Waals surface area contributed by atoms with Crippen LogP contribution in [0.15, 0.2) is 28.8 Å².